The number of hydrogen-bond acceptors (Lipinski definition) is 4. The topological polar surface area (TPSA) is 77.2 Å². The van der Waals surface area contributed by atoms with Gasteiger partial charge in [0.25, 0.3) is 0 Å². The minimum Gasteiger partial charge on any atom is -0.494 e. The number of anilines is 2. The number of rotatable bonds is 6. The van der Waals surface area contributed by atoms with Crippen LogP contribution >= 0.6 is 24.0 Å². The predicted molar refractivity (Wildman–Crippen MR) is 95.4 cm³/mol. The number of benzene rings is 1. The lowest BCUT2D eigenvalue weighted by Crippen LogP contribution is -2.13. The second-order valence-corrected chi connectivity index (χ2v) is 5.29. The molecule has 2 rings (SSSR count). The van der Waals surface area contributed by atoms with Crippen LogP contribution in [0.3, 0.4) is 0 Å². The molecule has 0 aliphatic rings. The molecule has 0 aliphatic heterocycles. The largest absolute Gasteiger partial charge is 0.494 e. The van der Waals surface area contributed by atoms with E-state index in [9.17, 15) is 4.79 Å². The van der Waals surface area contributed by atoms with Gasteiger partial charge >= 0.3 is 0 Å². The number of ether oxygens (including phenoxy) is 1. The number of hydrogen-bond donors (Lipinski definition) is 2. The van der Waals surface area contributed by atoms with E-state index in [1.807, 2.05) is 19.1 Å². The number of halogens is 2. The highest BCUT2D eigenvalue weighted by Gasteiger charge is 2.04. The average molecular weight is 356 g/mol. The van der Waals surface area contributed by atoms with Crippen molar-refractivity contribution in [1.29, 1.82) is 0 Å². The third-order valence-electron chi connectivity index (χ3n) is 3.02. The van der Waals surface area contributed by atoms with Crippen LogP contribution in [0.25, 0.3) is 0 Å². The molecule has 7 heteroatoms. The van der Waals surface area contributed by atoms with Crippen molar-refractivity contribution in [2.24, 2.45) is 0 Å². The summed E-state index contributed by atoms with van der Waals surface area (Å²) >= 11 is 5.95. The summed E-state index contributed by atoms with van der Waals surface area (Å²) in [5.74, 6) is 1.09. The zero-order valence-corrected chi connectivity index (χ0v) is 14.3. The van der Waals surface area contributed by atoms with Gasteiger partial charge in [0.05, 0.1) is 18.5 Å². The van der Waals surface area contributed by atoms with E-state index in [1.54, 1.807) is 18.2 Å². The summed E-state index contributed by atoms with van der Waals surface area (Å²) in [4.78, 5) is 15.7. The quantitative estimate of drug-likeness (QED) is 0.771. The molecule has 23 heavy (non-hydrogen) atoms. The molecular weight excluding hydrogens is 337 g/mol. The monoisotopic (exact) mass is 355 g/mol. The number of amides is 1. The number of nitrogens with two attached hydrogens (primary N) is 1. The maximum atomic E-state index is 11.8. The van der Waals surface area contributed by atoms with Crippen LogP contribution < -0.4 is 15.8 Å². The summed E-state index contributed by atoms with van der Waals surface area (Å²) in [5, 5.41) is 3.47. The maximum absolute atomic E-state index is 11.8. The highest BCUT2D eigenvalue weighted by atomic mass is 35.5. The van der Waals surface area contributed by atoms with Gasteiger partial charge in [-0.15, -0.1) is 12.4 Å². The van der Waals surface area contributed by atoms with Gasteiger partial charge in [0, 0.05) is 11.4 Å². The first kappa shape index (κ1) is 19.1. The summed E-state index contributed by atoms with van der Waals surface area (Å²) < 4.78 is 5.59. The van der Waals surface area contributed by atoms with Crippen molar-refractivity contribution in [3.05, 3.63) is 47.1 Å². The van der Waals surface area contributed by atoms with E-state index in [4.69, 9.17) is 22.1 Å². The van der Waals surface area contributed by atoms with Crippen LogP contribution in [0.15, 0.2) is 36.5 Å². The molecule has 0 radical (unpaired) electrons. The molecule has 0 spiro atoms. The Kier molecular flexibility index (Phi) is 7.65. The van der Waals surface area contributed by atoms with E-state index in [2.05, 4.69) is 10.3 Å². The molecule has 3 N–H and O–H groups in total. The van der Waals surface area contributed by atoms with E-state index in [0.29, 0.717) is 36.0 Å². The Bertz CT molecular complexity index is 648. The fraction of sp³-hybridized carbons (Fsp3) is 0.250. The molecule has 0 bridgehead atoms. The Morgan fingerprint density at radius 1 is 1.35 bits per heavy atom. The highest BCUT2D eigenvalue weighted by Crippen LogP contribution is 2.21. The lowest BCUT2D eigenvalue weighted by molar-refractivity contribution is -0.116. The molecular formula is C16H19Cl2N3O2. The molecule has 0 atom stereocenters. The standard InChI is InChI=1S/C16H18ClN3O2.ClH/c1-11-9-13(5-6-14(11)17)22-8-2-3-16(21)20-12-4-7-15(18)19-10-12;/h4-7,9-10H,2-3,8H2,1H3,(H2,18,19)(H,20,21);1H. The first-order valence-electron chi connectivity index (χ1n) is 6.95. The van der Waals surface area contributed by atoms with E-state index in [0.717, 1.165) is 11.3 Å². The number of nitrogen functional groups attached to an aromatic ring is 1. The number of aryl methyl sites for hydroxylation is 1. The second-order valence-electron chi connectivity index (χ2n) is 4.88. The SMILES string of the molecule is Cc1cc(OCCCC(=O)Nc2ccc(N)nc2)ccc1Cl.Cl. The third kappa shape index (κ3) is 6.34. The average Bonchev–Trinajstić information content (AvgIpc) is 2.49. The summed E-state index contributed by atoms with van der Waals surface area (Å²) in [6, 6.07) is 8.85. The van der Waals surface area contributed by atoms with Crippen LogP contribution in [0.4, 0.5) is 11.5 Å². The first-order chi connectivity index (χ1) is 10.5. The fourth-order valence-electron chi connectivity index (χ4n) is 1.83. The summed E-state index contributed by atoms with van der Waals surface area (Å²) in [7, 11) is 0. The fourth-order valence-corrected chi connectivity index (χ4v) is 1.95. The van der Waals surface area contributed by atoms with E-state index < -0.39 is 0 Å². The van der Waals surface area contributed by atoms with Crippen LogP contribution in [0.1, 0.15) is 18.4 Å². The van der Waals surface area contributed by atoms with Crippen LogP contribution in [-0.2, 0) is 4.79 Å². The number of pyridine rings is 1. The smallest absolute Gasteiger partial charge is 0.224 e. The van der Waals surface area contributed by atoms with Gasteiger partial charge in [-0.3, -0.25) is 4.79 Å². The van der Waals surface area contributed by atoms with Crippen molar-refractivity contribution in [2.75, 3.05) is 17.7 Å². The lowest BCUT2D eigenvalue weighted by Gasteiger charge is -2.08. The zero-order valence-electron chi connectivity index (χ0n) is 12.7. The van der Waals surface area contributed by atoms with Gasteiger partial charge in [0.2, 0.25) is 5.91 Å². The molecule has 5 nitrogen and oxygen atoms in total. The Morgan fingerprint density at radius 3 is 2.78 bits per heavy atom. The van der Waals surface area contributed by atoms with Crippen molar-refractivity contribution in [1.82, 2.24) is 4.98 Å². The zero-order chi connectivity index (χ0) is 15.9. The summed E-state index contributed by atoms with van der Waals surface area (Å²) in [5.41, 5.74) is 7.08. The Balaban J connectivity index is 0.00000264. The van der Waals surface area contributed by atoms with Crippen LogP contribution in [0, 0.1) is 6.92 Å². The predicted octanol–water partition coefficient (Wildman–Crippen LogP) is 3.85. The van der Waals surface area contributed by atoms with Gasteiger partial charge in [-0.05, 0) is 49.2 Å². The van der Waals surface area contributed by atoms with Crippen molar-refractivity contribution < 1.29 is 9.53 Å². The van der Waals surface area contributed by atoms with Crippen LogP contribution in [-0.4, -0.2) is 17.5 Å². The molecule has 0 fully saturated rings. The van der Waals surface area contributed by atoms with Gasteiger partial charge in [-0.25, -0.2) is 4.98 Å². The minimum atomic E-state index is -0.0811. The van der Waals surface area contributed by atoms with Gasteiger partial charge in [0.1, 0.15) is 11.6 Å². The molecule has 0 saturated carbocycles. The van der Waals surface area contributed by atoms with E-state index in [-0.39, 0.29) is 18.3 Å². The third-order valence-corrected chi connectivity index (χ3v) is 3.44. The van der Waals surface area contributed by atoms with Gasteiger partial charge in [-0.2, -0.15) is 0 Å². The molecule has 0 aliphatic carbocycles. The van der Waals surface area contributed by atoms with Crippen molar-refractivity contribution in [3.63, 3.8) is 0 Å². The highest BCUT2D eigenvalue weighted by molar-refractivity contribution is 6.31. The first-order valence-corrected chi connectivity index (χ1v) is 7.33. The van der Waals surface area contributed by atoms with Crippen molar-refractivity contribution in [2.45, 2.75) is 19.8 Å². The van der Waals surface area contributed by atoms with Crippen LogP contribution in [0.2, 0.25) is 5.02 Å². The number of carbonyl (C=O) groups excluding carboxylic acids is 1. The molecule has 2 aromatic rings. The Hall–Kier alpha value is -1.98. The molecule has 1 aromatic heterocycles. The maximum Gasteiger partial charge on any atom is 0.224 e. The molecule has 124 valence electrons. The molecule has 0 unspecified atom stereocenters. The molecule has 0 saturated heterocycles. The second kappa shape index (κ2) is 9.22. The van der Waals surface area contributed by atoms with Crippen molar-refractivity contribution >= 4 is 41.4 Å². The molecule has 1 aromatic carbocycles. The summed E-state index contributed by atoms with van der Waals surface area (Å²) in [6.45, 7) is 2.39. The van der Waals surface area contributed by atoms with E-state index in [1.165, 1.54) is 6.20 Å². The van der Waals surface area contributed by atoms with Crippen LogP contribution in [0.5, 0.6) is 5.75 Å². The number of carbonyl (C=O) groups is 1. The minimum absolute atomic E-state index is 0. The summed E-state index contributed by atoms with van der Waals surface area (Å²) in [6.07, 6.45) is 2.52. The Labute approximate surface area is 146 Å². The van der Waals surface area contributed by atoms with Gasteiger partial charge in [0.15, 0.2) is 0 Å². The molecule has 1 amide bonds. The molecule has 1 heterocycles. The Morgan fingerprint density at radius 2 is 2.13 bits per heavy atom. The normalized spacial score (nSPS) is 9.83. The number of nitrogens with zero attached hydrogens (tertiary/aromatic N) is 1. The number of nitrogens with one attached hydrogen (secondary N) is 1. The van der Waals surface area contributed by atoms with Gasteiger partial charge in [-0.1, -0.05) is 11.6 Å². The van der Waals surface area contributed by atoms with Crippen molar-refractivity contribution in [3.8, 4) is 5.75 Å². The van der Waals surface area contributed by atoms with E-state index >= 15 is 0 Å². The van der Waals surface area contributed by atoms with Gasteiger partial charge < -0.3 is 15.8 Å². The number of aromatic nitrogens is 1. The lowest BCUT2D eigenvalue weighted by atomic mass is 10.2.